The van der Waals surface area contributed by atoms with Crippen molar-refractivity contribution in [3.05, 3.63) is 58.6 Å². The molecule has 0 unspecified atom stereocenters. The summed E-state index contributed by atoms with van der Waals surface area (Å²) in [7, 11) is 1.96. The predicted octanol–water partition coefficient (Wildman–Crippen LogP) is 5.51. The molecule has 1 N–H and O–H groups in total. The highest BCUT2D eigenvalue weighted by molar-refractivity contribution is 6.30. The Morgan fingerprint density at radius 1 is 1.14 bits per heavy atom. The van der Waals surface area contributed by atoms with Crippen LogP contribution in [-0.4, -0.2) is 7.05 Å². The van der Waals surface area contributed by atoms with Gasteiger partial charge in [0.15, 0.2) is 0 Å². The van der Waals surface area contributed by atoms with Crippen LogP contribution in [0.2, 0.25) is 5.02 Å². The summed E-state index contributed by atoms with van der Waals surface area (Å²) >= 11 is 6.03. The number of ether oxygens (including phenoxy) is 1. The summed E-state index contributed by atoms with van der Waals surface area (Å²) in [6.07, 6.45) is 5.33. The molecular weight excluding hydrogens is 294 g/mol. The fourth-order valence-corrected chi connectivity index (χ4v) is 3.38. The maximum atomic E-state index is 6.04. The van der Waals surface area contributed by atoms with Gasteiger partial charge in [0, 0.05) is 17.1 Å². The summed E-state index contributed by atoms with van der Waals surface area (Å²) in [6, 6.07) is 14.1. The van der Waals surface area contributed by atoms with Gasteiger partial charge in [-0.2, -0.15) is 0 Å². The summed E-state index contributed by atoms with van der Waals surface area (Å²) in [4.78, 5) is 0. The minimum atomic E-state index is 0.690. The Morgan fingerprint density at radius 2 is 1.95 bits per heavy atom. The molecule has 2 aromatic rings. The van der Waals surface area contributed by atoms with Crippen LogP contribution in [0, 0.1) is 0 Å². The standard InChI is InChI=1S/C19H22ClNO/c1-21-13-16-11-15(14-5-2-3-6-14)9-10-19(16)22-18-8-4-7-17(20)12-18/h4,7-12,14,21H,2-3,5-6,13H2,1H3. The third kappa shape index (κ3) is 3.63. The second-order valence-corrected chi connectivity index (χ2v) is 6.37. The molecule has 1 fully saturated rings. The number of halogens is 1. The van der Waals surface area contributed by atoms with Crippen molar-refractivity contribution in [2.45, 2.75) is 38.1 Å². The highest BCUT2D eigenvalue weighted by atomic mass is 35.5. The third-order valence-corrected chi connectivity index (χ3v) is 4.54. The van der Waals surface area contributed by atoms with E-state index in [9.17, 15) is 0 Å². The average Bonchev–Trinajstić information content (AvgIpc) is 3.04. The summed E-state index contributed by atoms with van der Waals surface area (Å²) < 4.78 is 6.04. The number of nitrogens with one attached hydrogen (secondary N) is 1. The molecule has 0 saturated heterocycles. The highest BCUT2D eigenvalue weighted by Gasteiger charge is 2.18. The topological polar surface area (TPSA) is 21.3 Å². The molecule has 1 saturated carbocycles. The molecule has 2 nitrogen and oxygen atoms in total. The Bertz CT molecular complexity index is 635. The number of hydrogen-bond donors (Lipinski definition) is 1. The van der Waals surface area contributed by atoms with Crippen molar-refractivity contribution in [1.82, 2.24) is 5.32 Å². The van der Waals surface area contributed by atoms with Gasteiger partial charge in [0.25, 0.3) is 0 Å². The van der Waals surface area contributed by atoms with Crippen LogP contribution < -0.4 is 10.1 Å². The van der Waals surface area contributed by atoms with E-state index in [4.69, 9.17) is 16.3 Å². The van der Waals surface area contributed by atoms with Crippen LogP contribution >= 0.6 is 11.6 Å². The SMILES string of the molecule is CNCc1cc(C2CCCC2)ccc1Oc1cccc(Cl)c1. The van der Waals surface area contributed by atoms with E-state index in [2.05, 4.69) is 23.5 Å². The van der Waals surface area contributed by atoms with Gasteiger partial charge in [-0.25, -0.2) is 0 Å². The predicted molar refractivity (Wildman–Crippen MR) is 91.9 cm³/mol. The smallest absolute Gasteiger partial charge is 0.131 e. The van der Waals surface area contributed by atoms with Crippen LogP contribution in [0.1, 0.15) is 42.7 Å². The number of hydrogen-bond acceptors (Lipinski definition) is 2. The minimum Gasteiger partial charge on any atom is -0.457 e. The Balaban J connectivity index is 1.86. The number of rotatable bonds is 5. The molecule has 1 aliphatic carbocycles. The zero-order valence-electron chi connectivity index (χ0n) is 12.9. The van der Waals surface area contributed by atoms with Gasteiger partial charge in [-0.05, 0) is 55.6 Å². The second kappa shape index (κ2) is 7.17. The first kappa shape index (κ1) is 15.4. The summed E-state index contributed by atoms with van der Waals surface area (Å²) in [5, 5.41) is 3.92. The lowest BCUT2D eigenvalue weighted by Crippen LogP contribution is -2.07. The van der Waals surface area contributed by atoms with E-state index >= 15 is 0 Å². The molecule has 22 heavy (non-hydrogen) atoms. The van der Waals surface area contributed by atoms with E-state index in [0.717, 1.165) is 24.0 Å². The van der Waals surface area contributed by atoms with Gasteiger partial charge >= 0.3 is 0 Å². The summed E-state index contributed by atoms with van der Waals surface area (Å²) in [5.74, 6) is 2.40. The van der Waals surface area contributed by atoms with E-state index in [1.807, 2.05) is 31.3 Å². The molecule has 0 radical (unpaired) electrons. The molecule has 2 aromatic carbocycles. The Kier molecular flexibility index (Phi) is 5.01. The van der Waals surface area contributed by atoms with Crippen LogP contribution in [0.15, 0.2) is 42.5 Å². The normalized spacial score (nSPS) is 15.2. The quantitative estimate of drug-likeness (QED) is 0.785. The van der Waals surface area contributed by atoms with Crippen molar-refractivity contribution in [3.8, 4) is 11.5 Å². The molecule has 3 rings (SSSR count). The first-order valence-corrected chi connectivity index (χ1v) is 8.35. The first-order valence-electron chi connectivity index (χ1n) is 7.97. The third-order valence-electron chi connectivity index (χ3n) is 4.30. The molecule has 0 atom stereocenters. The zero-order valence-corrected chi connectivity index (χ0v) is 13.7. The maximum absolute atomic E-state index is 6.04. The fourth-order valence-electron chi connectivity index (χ4n) is 3.20. The Hall–Kier alpha value is -1.51. The molecule has 0 spiro atoms. The monoisotopic (exact) mass is 315 g/mol. The molecule has 0 aliphatic heterocycles. The van der Waals surface area contributed by atoms with E-state index in [1.54, 1.807) is 0 Å². The summed E-state index contributed by atoms with van der Waals surface area (Å²) in [6.45, 7) is 0.802. The van der Waals surface area contributed by atoms with Crippen LogP contribution in [0.3, 0.4) is 0 Å². The van der Waals surface area contributed by atoms with E-state index < -0.39 is 0 Å². The van der Waals surface area contributed by atoms with Crippen molar-refractivity contribution >= 4 is 11.6 Å². The summed E-state index contributed by atoms with van der Waals surface area (Å²) in [5.41, 5.74) is 2.65. The van der Waals surface area contributed by atoms with Crippen LogP contribution in [0.5, 0.6) is 11.5 Å². The van der Waals surface area contributed by atoms with Gasteiger partial charge in [0.2, 0.25) is 0 Å². The van der Waals surface area contributed by atoms with Gasteiger partial charge in [0.05, 0.1) is 0 Å². The Labute approximate surface area is 137 Å². The average molecular weight is 316 g/mol. The number of benzene rings is 2. The van der Waals surface area contributed by atoms with E-state index in [0.29, 0.717) is 5.02 Å². The van der Waals surface area contributed by atoms with Crippen LogP contribution in [-0.2, 0) is 6.54 Å². The van der Waals surface area contributed by atoms with Gasteiger partial charge in [-0.1, -0.05) is 42.6 Å². The molecule has 0 amide bonds. The lowest BCUT2D eigenvalue weighted by molar-refractivity contribution is 0.473. The van der Waals surface area contributed by atoms with Gasteiger partial charge in [0.1, 0.15) is 11.5 Å². The lowest BCUT2D eigenvalue weighted by atomic mass is 9.95. The van der Waals surface area contributed by atoms with Crippen molar-refractivity contribution in [1.29, 1.82) is 0 Å². The second-order valence-electron chi connectivity index (χ2n) is 5.94. The van der Waals surface area contributed by atoms with Gasteiger partial charge in [-0.3, -0.25) is 0 Å². The fraction of sp³-hybridized carbons (Fsp3) is 0.368. The molecular formula is C19H22ClNO. The van der Waals surface area contributed by atoms with Crippen LogP contribution in [0.25, 0.3) is 0 Å². The minimum absolute atomic E-state index is 0.690. The van der Waals surface area contributed by atoms with Crippen LogP contribution in [0.4, 0.5) is 0 Å². The molecule has 3 heteroatoms. The van der Waals surface area contributed by atoms with Crippen molar-refractivity contribution in [2.24, 2.45) is 0 Å². The molecule has 0 aromatic heterocycles. The van der Waals surface area contributed by atoms with Gasteiger partial charge < -0.3 is 10.1 Å². The van der Waals surface area contributed by atoms with E-state index in [1.165, 1.54) is 36.8 Å². The first-order chi connectivity index (χ1) is 10.8. The zero-order chi connectivity index (χ0) is 15.4. The van der Waals surface area contributed by atoms with Crippen molar-refractivity contribution in [3.63, 3.8) is 0 Å². The largest absolute Gasteiger partial charge is 0.457 e. The Morgan fingerprint density at radius 3 is 2.68 bits per heavy atom. The highest BCUT2D eigenvalue weighted by Crippen LogP contribution is 2.36. The van der Waals surface area contributed by atoms with Crippen molar-refractivity contribution < 1.29 is 4.74 Å². The molecule has 116 valence electrons. The molecule has 0 bridgehead atoms. The maximum Gasteiger partial charge on any atom is 0.131 e. The lowest BCUT2D eigenvalue weighted by Gasteiger charge is -2.16. The molecule has 1 aliphatic rings. The molecule has 0 heterocycles. The van der Waals surface area contributed by atoms with E-state index in [-0.39, 0.29) is 0 Å². The van der Waals surface area contributed by atoms with Gasteiger partial charge in [-0.15, -0.1) is 0 Å². The van der Waals surface area contributed by atoms with Crippen molar-refractivity contribution in [2.75, 3.05) is 7.05 Å².